The molecule has 0 saturated carbocycles. The van der Waals surface area contributed by atoms with Crippen LogP contribution in [-0.4, -0.2) is 24.0 Å². The van der Waals surface area contributed by atoms with E-state index in [-0.39, 0.29) is 0 Å². The van der Waals surface area contributed by atoms with Crippen molar-refractivity contribution in [3.63, 3.8) is 0 Å². The highest BCUT2D eigenvalue weighted by molar-refractivity contribution is 6.00. The lowest BCUT2D eigenvalue weighted by molar-refractivity contribution is 0.208. The lowest BCUT2D eigenvalue weighted by Crippen LogP contribution is -2.18. The molecule has 2 rings (SSSR count). The lowest BCUT2D eigenvalue weighted by Gasteiger charge is -2.13. The molecule has 1 unspecified atom stereocenters. The van der Waals surface area contributed by atoms with E-state index < -0.39 is 6.17 Å². The molecule has 3 nitrogen and oxygen atoms in total. The van der Waals surface area contributed by atoms with Gasteiger partial charge in [0.2, 0.25) is 0 Å². The summed E-state index contributed by atoms with van der Waals surface area (Å²) in [6.45, 7) is 0. The molecular weight excluding hydrogens is 231 g/mol. The number of oxime groups is 1. The highest BCUT2D eigenvalue weighted by Gasteiger charge is 2.19. The van der Waals surface area contributed by atoms with Gasteiger partial charge in [-0.3, -0.25) is 0 Å². The van der Waals surface area contributed by atoms with E-state index in [0.29, 0.717) is 24.2 Å². The van der Waals surface area contributed by atoms with Crippen molar-refractivity contribution < 1.29 is 9.23 Å². The minimum absolute atomic E-state index is 0.300. The average molecular weight is 244 g/mol. The summed E-state index contributed by atoms with van der Waals surface area (Å²) in [6, 6.07) is 5.54. The Bertz CT molecular complexity index is 526. The van der Waals surface area contributed by atoms with Gasteiger partial charge in [-0.2, -0.15) is 0 Å². The Morgan fingerprint density at radius 2 is 2.33 bits per heavy atom. The van der Waals surface area contributed by atoms with E-state index in [4.69, 9.17) is 0 Å². The van der Waals surface area contributed by atoms with Crippen molar-refractivity contribution >= 4 is 5.71 Å². The molecule has 1 heterocycles. The van der Waals surface area contributed by atoms with Gasteiger partial charge in [0.1, 0.15) is 24.7 Å². The van der Waals surface area contributed by atoms with Crippen LogP contribution in [0.15, 0.2) is 41.2 Å². The Morgan fingerprint density at radius 1 is 1.44 bits per heavy atom. The maximum atomic E-state index is 13.5. The molecule has 0 fully saturated rings. The van der Waals surface area contributed by atoms with Crippen LogP contribution in [0, 0.1) is 11.8 Å². The fraction of sp³-hybridized carbons (Fsp3) is 0.286. The van der Waals surface area contributed by atoms with E-state index in [1.807, 2.05) is 18.2 Å². The molecule has 1 atom stereocenters. The molecule has 0 N–H and O–H groups in total. The van der Waals surface area contributed by atoms with Gasteiger partial charge in [0.15, 0.2) is 0 Å². The zero-order valence-corrected chi connectivity index (χ0v) is 10.1. The quantitative estimate of drug-likeness (QED) is 0.562. The van der Waals surface area contributed by atoms with Gasteiger partial charge in [0.05, 0.1) is 0 Å². The Balaban J connectivity index is 2.18. The number of hydrogen-bond acceptors (Lipinski definition) is 3. The highest BCUT2D eigenvalue weighted by Crippen LogP contribution is 2.18. The molecule has 0 saturated heterocycles. The van der Waals surface area contributed by atoms with Crippen LogP contribution in [0.4, 0.5) is 4.39 Å². The fourth-order valence-electron chi connectivity index (χ4n) is 1.64. The summed E-state index contributed by atoms with van der Waals surface area (Å²) < 4.78 is 13.5. The van der Waals surface area contributed by atoms with E-state index >= 15 is 0 Å². The largest absolute Gasteiger partial charge is 0.399 e. The molecule has 0 aromatic carbocycles. The number of alkyl halides is 1. The Kier molecular flexibility index (Phi) is 4.08. The molecule has 1 aromatic rings. The predicted molar refractivity (Wildman–Crippen MR) is 67.8 cm³/mol. The third-order valence-corrected chi connectivity index (χ3v) is 2.52. The third kappa shape index (κ3) is 3.17. The van der Waals surface area contributed by atoms with Crippen molar-refractivity contribution in [3.8, 4) is 11.8 Å². The number of nitrogens with zero attached hydrogens (tertiary/aromatic N) is 2. The molecule has 0 spiro atoms. The predicted octanol–water partition coefficient (Wildman–Crippen LogP) is 2.49. The molecule has 92 valence electrons. The van der Waals surface area contributed by atoms with Gasteiger partial charge >= 0.3 is 0 Å². The monoisotopic (exact) mass is 244 g/mol. The second-order valence-corrected chi connectivity index (χ2v) is 3.84. The first kappa shape index (κ1) is 12.3. The zero-order valence-electron chi connectivity index (χ0n) is 10.1. The fourth-order valence-corrected chi connectivity index (χ4v) is 1.64. The van der Waals surface area contributed by atoms with Crippen LogP contribution in [0.3, 0.4) is 0 Å². The second kappa shape index (κ2) is 5.97. The van der Waals surface area contributed by atoms with Gasteiger partial charge in [-0.15, -0.1) is 0 Å². The van der Waals surface area contributed by atoms with E-state index in [9.17, 15) is 4.39 Å². The molecular formula is C14H13FN2O. The van der Waals surface area contributed by atoms with Crippen molar-refractivity contribution in [2.45, 2.75) is 19.0 Å². The van der Waals surface area contributed by atoms with Crippen molar-refractivity contribution in [1.82, 2.24) is 4.98 Å². The van der Waals surface area contributed by atoms with E-state index in [1.165, 1.54) is 7.11 Å². The van der Waals surface area contributed by atoms with Crippen LogP contribution in [0.25, 0.3) is 0 Å². The number of pyridine rings is 1. The number of aromatic nitrogens is 1. The summed E-state index contributed by atoms with van der Waals surface area (Å²) in [5.41, 5.74) is 1.85. The molecule has 1 aromatic heterocycles. The molecule has 0 bridgehead atoms. The highest BCUT2D eigenvalue weighted by atomic mass is 19.1. The van der Waals surface area contributed by atoms with Crippen molar-refractivity contribution in [3.05, 3.63) is 41.7 Å². The maximum absolute atomic E-state index is 13.5. The average Bonchev–Trinajstić information content (AvgIpc) is 2.41. The topological polar surface area (TPSA) is 34.5 Å². The van der Waals surface area contributed by atoms with Crippen LogP contribution in [-0.2, 0) is 4.84 Å². The molecule has 0 aliphatic heterocycles. The first-order valence-corrected chi connectivity index (χ1v) is 5.68. The standard InChI is InChI=1S/C14H13FN2O/c1-18-17-14-10-11(6-8-13(14)15)5-7-12-4-2-3-9-16-12/h2-4,9-10,13H,6,8H2,1H3/b17-14-. The molecule has 4 heteroatoms. The van der Waals surface area contributed by atoms with Crippen LogP contribution in [0.5, 0.6) is 0 Å². The van der Waals surface area contributed by atoms with Crippen LogP contribution >= 0.6 is 0 Å². The maximum Gasteiger partial charge on any atom is 0.146 e. The number of hydrogen-bond donors (Lipinski definition) is 0. The second-order valence-electron chi connectivity index (χ2n) is 3.84. The van der Waals surface area contributed by atoms with Gasteiger partial charge in [0, 0.05) is 11.8 Å². The van der Waals surface area contributed by atoms with Crippen molar-refractivity contribution in [2.75, 3.05) is 7.11 Å². The first-order valence-electron chi connectivity index (χ1n) is 5.68. The summed E-state index contributed by atoms with van der Waals surface area (Å²) >= 11 is 0. The smallest absolute Gasteiger partial charge is 0.146 e. The Morgan fingerprint density at radius 3 is 3.06 bits per heavy atom. The zero-order chi connectivity index (χ0) is 12.8. The van der Waals surface area contributed by atoms with Gasteiger partial charge in [-0.1, -0.05) is 17.1 Å². The number of halogens is 1. The van der Waals surface area contributed by atoms with E-state index in [0.717, 1.165) is 5.57 Å². The summed E-state index contributed by atoms with van der Waals surface area (Å²) in [6.07, 6.45) is 3.28. The molecule has 0 amide bonds. The Hall–Kier alpha value is -2.15. The van der Waals surface area contributed by atoms with Gasteiger partial charge in [-0.25, -0.2) is 9.37 Å². The van der Waals surface area contributed by atoms with Crippen molar-refractivity contribution in [2.24, 2.45) is 5.16 Å². The van der Waals surface area contributed by atoms with Crippen molar-refractivity contribution in [1.29, 1.82) is 0 Å². The normalized spacial score (nSPS) is 20.9. The summed E-state index contributed by atoms with van der Waals surface area (Å²) in [5, 5.41) is 3.65. The van der Waals surface area contributed by atoms with Crippen LogP contribution in [0.1, 0.15) is 18.5 Å². The molecule has 1 aliphatic carbocycles. The first-order chi connectivity index (χ1) is 8.79. The summed E-state index contributed by atoms with van der Waals surface area (Å²) in [5.74, 6) is 5.94. The number of allylic oxidation sites excluding steroid dienone is 2. The van der Waals surface area contributed by atoms with Crippen LogP contribution < -0.4 is 0 Å². The Labute approximate surface area is 105 Å². The molecule has 1 aliphatic rings. The van der Waals surface area contributed by atoms with Gasteiger partial charge in [-0.05, 0) is 37.0 Å². The lowest BCUT2D eigenvalue weighted by atomic mass is 9.97. The SMILES string of the molecule is CO/N=C1/C=C(C#Cc2ccccn2)CCC1F. The molecule has 18 heavy (non-hydrogen) atoms. The molecule has 0 radical (unpaired) electrons. The van der Waals surface area contributed by atoms with Crippen LogP contribution in [0.2, 0.25) is 0 Å². The van der Waals surface area contributed by atoms with E-state index in [2.05, 4.69) is 26.8 Å². The minimum atomic E-state index is -1.06. The summed E-state index contributed by atoms with van der Waals surface area (Å²) in [4.78, 5) is 8.71. The number of rotatable bonds is 1. The van der Waals surface area contributed by atoms with Gasteiger partial charge < -0.3 is 4.84 Å². The minimum Gasteiger partial charge on any atom is -0.399 e. The summed E-state index contributed by atoms with van der Waals surface area (Å²) in [7, 11) is 1.40. The van der Waals surface area contributed by atoms with Gasteiger partial charge in [0.25, 0.3) is 0 Å². The third-order valence-electron chi connectivity index (χ3n) is 2.52. The van der Waals surface area contributed by atoms with E-state index in [1.54, 1.807) is 12.3 Å².